The number of aliphatic hydroxyl groups is 1. The number of hydrogen-bond acceptors (Lipinski definition) is 6. The molecule has 0 aliphatic rings. The van der Waals surface area contributed by atoms with Gasteiger partial charge in [0.1, 0.15) is 5.82 Å². The molecule has 6 heteroatoms. The number of carbonyl (C=O) groups is 1. The Hall–Kier alpha value is -1.69. The highest BCUT2D eigenvalue weighted by Crippen LogP contribution is 2.20. The lowest BCUT2D eigenvalue weighted by Crippen LogP contribution is -2.41. The summed E-state index contributed by atoms with van der Waals surface area (Å²) >= 11 is 0. The highest BCUT2D eigenvalue weighted by Gasteiger charge is 2.25. The molecule has 0 fully saturated rings. The second kappa shape index (κ2) is 6.30. The molecule has 0 aliphatic carbocycles. The zero-order chi connectivity index (χ0) is 13.6. The van der Waals surface area contributed by atoms with Gasteiger partial charge in [0.25, 0.3) is 0 Å². The summed E-state index contributed by atoms with van der Waals surface area (Å²) in [5, 5.41) is 20.3. The minimum atomic E-state index is -0.520. The Bertz CT molecular complexity index is 380. The summed E-state index contributed by atoms with van der Waals surface area (Å²) in [6.07, 6.45) is 1.53. The molecule has 0 aliphatic heterocycles. The van der Waals surface area contributed by atoms with Crippen LogP contribution in [-0.2, 0) is 4.74 Å². The van der Waals surface area contributed by atoms with Crippen molar-refractivity contribution in [1.82, 2.24) is 10.2 Å². The number of ether oxygens (including phenoxy) is 1. The first-order valence-corrected chi connectivity index (χ1v) is 5.92. The number of carbonyl (C=O) groups excluding carboxylic acids is 1. The van der Waals surface area contributed by atoms with Crippen LogP contribution in [0.25, 0.3) is 0 Å². The standard InChI is InChI=1S/C12H19N3O3/c1-4-12(5-2,8-16)13-10-7-6-9(14-15-10)11(17)18-3/h6-7,16H,4-5,8H2,1-3H3,(H,13,15). The van der Waals surface area contributed by atoms with Crippen LogP contribution >= 0.6 is 0 Å². The molecule has 1 heterocycles. The lowest BCUT2D eigenvalue weighted by atomic mass is 9.94. The number of aromatic nitrogens is 2. The first-order valence-electron chi connectivity index (χ1n) is 5.92. The van der Waals surface area contributed by atoms with Crippen LogP contribution in [0.4, 0.5) is 5.82 Å². The molecule has 0 bridgehead atoms. The summed E-state index contributed by atoms with van der Waals surface area (Å²) in [5.41, 5.74) is -0.243. The average molecular weight is 253 g/mol. The molecule has 100 valence electrons. The molecule has 0 saturated heterocycles. The Kier molecular flexibility index (Phi) is 5.03. The predicted octanol–water partition coefficient (Wildman–Crippen LogP) is 1.23. The van der Waals surface area contributed by atoms with Crippen LogP contribution in [0, 0.1) is 0 Å². The van der Waals surface area contributed by atoms with E-state index in [0.29, 0.717) is 5.82 Å². The molecule has 1 aromatic rings. The molecular formula is C12H19N3O3. The summed E-state index contributed by atoms with van der Waals surface area (Å²) in [6.45, 7) is 3.99. The van der Waals surface area contributed by atoms with Crippen LogP contribution < -0.4 is 5.32 Å². The molecule has 0 unspecified atom stereocenters. The van der Waals surface area contributed by atoms with Gasteiger partial charge >= 0.3 is 5.97 Å². The number of esters is 1. The van der Waals surface area contributed by atoms with E-state index in [2.05, 4.69) is 20.3 Å². The summed E-state index contributed by atoms with van der Waals surface area (Å²) < 4.78 is 4.54. The van der Waals surface area contributed by atoms with Crippen molar-refractivity contribution in [2.45, 2.75) is 32.2 Å². The third-order valence-corrected chi connectivity index (χ3v) is 3.11. The molecule has 0 saturated carbocycles. The van der Waals surface area contributed by atoms with Gasteiger partial charge in [-0.3, -0.25) is 0 Å². The normalized spacial score (nSPS) is 11.1. The molecule has 0 aromatic carbocycles. The first-order chi connectivity index (χ1) is 8.60. The fourth-order valence-electron chi connectivity index (χ4n) is 1.57. The second-order valence-electron chi connectivity index (χ2n) is 4.07. The van der Waals surface area contributed by atoms with Gasteiger partial charge in [0.2, 0.25) is 0 Å². The van der Waals surface area contributed by atoms with Crippen molar-refractivity contribution < 1.29 is 14.6 Å². The van der Waals surface area contributed by atoms with E-state index < -0.39 is 11.5 Å². The van der Waals surface area contributed by atoms with E-state index in [0.717, 1.165) is 12.8 Å². The van der Waals surface area contributed by atoms with Crippen molar-refractivity contribution in [2.24, 2.45) is 0 Å². The van der Waals surface area contributed by atoms with E-state index in [9.17, 15) is 9.90 Å². The summed E-state index contributed by atoms with van der Waals surface area (Å²) in [4.78, 5) is 11.2. The molecule has 6 nitrogen and oxygen atoms in total. The van der Waals surface area contributed by atoms with Crippen molar-refractivity contribution in [3.8, 4) is 0 Å². The highest BCUT2D eigenvalue weighted by molar-refractivity contribution is 5.86. The smallest absolute Gasteiger partial charge is 0.358 e. The zero-order valence-electron chi connectivity index (χ0n) is 10.9. The van der Waals surface area contributed by atoms with Crippen molar-refractivity contribution in [3.05, 3.63) is 17.8 Å². The van der Waals surface area contributed by atoms with Gasteiger partial charge in [-0.25, -0.2) is 4.79 Å². The maximum absolute atomic E-state index is 11.2. The maximum atomic E-state index is 11.2. The van der Waals surface area contributed by atoms with E-state index in [1.54, 1.807) is 6.07 Å². The lowest BCUT2D eigenvalue weighted by Gasteiger charge is -2.31. The number of aliphatic hydroxyl groups excluding tert-OH is 1. The fourth-order valence-corrected chi connectivity index (χ4v) is 1.57. The number of rotatable bonds is 6. The van der Waals surface area contributed by atoms with E-state index in [-0.39, 0.29) is 12.3 Å². The minimum absolute atomic E-state index is 0.0143. The molecular weight excluding hydrogens is 234 g/mol. The van der Waals surface area contributed by atoms with Gasteiger partial charge in [-0.1, -0.05) is 13.8 Å². The van der Waals surface area contributed by atoms with Crippen LogP contribution in [0.5, 0.6) is 0 Å². The molecule has 0 atom stereocenters. The Balaban J connectivity index is 2.83. The third kappa shape index (κ3) is 3.16. The van der Waals surface area contributed by atoms with Gasteiger partial charge in [-0.15, -0.1) is 10.2 Å². The largest absolute Gasteiger partial charge is 0.464 e. The van der Waals surface area contributed by atoms with Gasteiger partial charge < -0.3 is 15.2 Å². The van der Waals surface area contributed by atoms with Crippen LogP contribution in [0.2, 0.25) is 0 Å². The van der Waals surface area contributed by atoms with Gasteiger partial charge in [-0.05, 0) is 25.0 Å². The zero-order valence-corrected chi connectivity index (χ0v) is 10.9. The summed E-state index contributed by atoms with van der Waals surface area (Å²) in [7, 11) is 1.29. The van der Waals surface area contributed by atoms with Gasteiger partial charge in [0.15, 0.2) is 5.69 Å². The molecule has 1 aromatic heterocycles. The first kappa shape index (κ1) is 14.4. The number of hydrogen-bond donors (Lipinski definition) is 2. The molecule has 1 rings (SSSR count). The highest BCUT2D eigenvalue weighted by atomic mass is 16.5. The lowest BCUT2D eigenvalue weighted by molar-refractivity contribution is 0.0592. The predicted molar refractivity (Wildman–Crippen MR) is 67.4 cm³/mol. The van der Waals surface area contributed by atoms with Crippen LogP contribution in [-0.4, -0.2) is 40.5 Å². The summed E-state index contributed by atoms with van der Waals surface area (Å²) in [5.74, 6) is 0.00820. The molecule has 2 N–H and O–H groups in total. The van der Waals surface area contributed by atoms with Gasteiger partial charge in [-0.2, -0.15) is 0 Å². The number of nitrogens with zero attached hydrogens (tertiary/aromatic N) is 2. The van der Waals surface area contributed by atoms with Crippen molar-refractivity contribution in [3.63, 3.8) is 0 Å². The minimum Gasteiger partial charge on any atom is -0.464 e. The molecule has 0 spiro atoms. The topological polar surface area (TPSA) is 84.3 Å². The number of nitrogens with one attached hydrogen (secondary N) is 1. The Labute approximate surface area is 106 Å². The van der Waals surface area contributed by atoms with Crippen molar-refractivity contribution in [2.75, 3.05) is 19.0 Å². The molecule has 18 heavy (non-hydrogen) atoms. The van der Waals surface area contributed by atoms with Crippen LogP contribution in [0.15, 0.2) is 12.1 Å². The summed E-state index contributed by atoms with van der Waals surface area (Å²) in [6, 6.07) is 3.18. The van der Waals surface area contributed by atoms with Crippen LogP contribution in [0.1, 0.15) is 37.2 Å². The van der Waals surface area contributed by atoms with E-state index in [1.165, 1.54) is 13.2 Å². The van der Waals surface area contributed by atoms with Gasteiger partial charge in [0, 0.05) is 0 Å². The molecule has 0 amide bonds. The number of anilines is 1. The Morgan fingerprint density at radius 1 is 1.39 bits per heavy atom. The SMILES string of the molecule is CCC(CC)(CO)Nc1ccc(C(=O)OC)nn1. The molecule has 0 radical (unpaired) electrons. The average Bonchev–Trinajstić information content (AvgIpc) is 2.45. The quantitative estimate of drug-likeness (QED) is 0.742. The van der Waals surface area contributed by atoms with E-state index in [1.807, 2.05) is 13.8 Å². The monoisotopic (exact) mass is 253 g/mol. The Morgan fingerprint density at radius 2 is 2.06 bits per heavy atom. The fraction of sp³-hybridized carbons (Fsp3) is 0.583. The van der Waals surface area contributed by atoms with Crippen molar-refractivity contribution >= 4 is 11.8 Å². The number of methoxy groups -OCH3 is 1. The second-order valence-corrected chi connectivity index (χ2v) is 4.07. The third-order valence-electron chi connectivity index (χ3n) is 3.11. The van der Waals surface area contributed by atoms with Crippen LogP contribution in [0.3, 0.4) is 0 Å². The maximum Gasteiger partial charge on any atom is 0.358 e. The van der Waals surface area contributed by atoms with E-state index >= 15 is 0 Å². The van der Waals surface area contributed by atoms with Gasteiger partial charge in [0.05, 0.1) is 19.3 Å². The van der Waals surface area contributed by atoms with Crippen molar-refractivity contribution in [1.29, 1.82) is 0 Å². The Morgan fingerprint density at radius 3 is 2.44 bits per heavy atom. The van der Waals surface area contributed by atoms with E-state index in [4.69, 9.17) is 0 Å².